The van der Waals surface area contributed by atoms with Gasteiger partial charge in [0, 0.05) is 11.8 Å². The smallest absolute Gasteiger partial charge is 0.416 e. The van der Waals surface area contributed by atoms with Gasteiger partial charge < -0.3 is 10.1 Å². The van der Waals surface area contributed by atoms with Crippen LogP contribution in [0.1, 0.15) is 49.7 Å². The molecule has 4 fully saturated rings. The fraction of sp³-hybridized carbons (Fsp3) is 0.636. The number of nitrogens with one attached hydrogen (secondary N) is 1. The Hall–Kier alpha value is -2.05. The van der Waals surface area contributed by atoms with Crippen molar-refractivity contribution in [1.82, 2.24) is 5.32 Å². The van der Waals surface area contributed by atoms with Crippen molar-refractivity contribution in [3.05, 3.63) is 35.4 Å². The van der Waals surface area contributed by atoms with Gasteiger partial charge in [-0.1, -0.05) is 12.1 Å². The van der Waals surface area contributed by atoms with Crippen molar-refractivity contribution >= 4 is 11.9 Å². The molecular weight excluding hydrogens is 383 g/mol. The minimum Gasteiger partial charge on any atom is -0.467 e. The molecule has 158 valence electrons. The van der Waals surface area contributed by atoms with Gasteiger partial charge in [0.05, 0.1) is 12.7 Å². The number of rotatable bonds is 5. The summed E-state index contributed by atoms with van der Waals surface area (Å²) in [5, 5.41) is 2.88. The Morgan fingerprint density at radius 2 is 1.59 bits per heavy atom. The molecule has 0 spiro atoms. The maximum Gasteiger partial charge on any atom is 0.416 e. The largest absolute Gasteiger partial charge is 0.467 e. The second-order valence-electron chi connectivity index (χ2n) is 9.15. The molecule has 0 radical (unpaired) electrons. The first-order valence-corrected chi connectivity index (χ1v) is 10.2. The predicted molar refractivity (Wildman–Crippen MR) is 99.7 cm³/mol. The monoisotopic (exact) mass is 409 g/mol. The van der Waals surface area contributed by atoms with Gasteiger partial charge in [-0.15, -0.1) is 0 Å². The number of ether oxygens (including phenoxy) is 1. The maximum atomic E-state index is 13.2. The van der Waals surface area contributed by atoms with E-state index in [2.05, 4.69) is 5.32 Å². The summed E-state index contributed by atoms with van der Waals surface area (Å²) in [6, 6.07) is 3.76. The number of esters is 1. The number of amides is 1. The van der Waals surface area contributed by atoms with Gasteiger partial charge in [-0.2, -0.15) is 13.2 Å². The predicted octanol–water partition coefficient (Wildman–Crippen LogP) is 4.12. The molecule has 7 heteroatoms. The van der Waals surface area contributed by atoms with E-state index < -0.39 is 29.2 Å². The molecule has 4 saturated carbocycles. The molecule has 1 aromatic rings. The summed E-state index contributed by atoms with van der Waals surface area (Å²) in [5.41, 5.74) is -0.603. The van der Waals surface area contributed by atoms with Crippen LogP contribution >= 0.6 is 0 Å². The van der Waals surface area contributed by atoms with Crippen molar-refractivity contribution in [2.24, 2.45) is 23.2 Å². The van der Waals surface area contributed by atoms with Crippen LogP contribution in [0.25, 0.3) is 0 Å². The highest BCUT2D eigenvalue weighted by Crippen LogP contribution is 2.60. The topological polar surface area (TPSA) is 55.4 Å². The highest BCUT2D eigenvalue weighted by atomic mass is 19.4. The summed E-state index contributed by atoms with van der Waals surface area (Å²) in [6.07, 6.45) is 1.93. The lowest BCUT2D eigenvalue weighted by Crippen LogP contribution is -2.56. The molecule has 0 saturated heterocycles. The number of alkyl halides is 3. The van der Waals surface area contributed by atoms with Crippen molar-refractivity contribution in [3.8, 4) is 0 Å². The highest BCUT2D eigenvalue weighted by Gasteiger charge is 2.55. The van der Waals surface area contributed by atoms with Crippen molar-refractivity contribution in [2.45, 2.75) is 57.2 Å². The van der Waals surface area contributed by atoms with Crippen LogP contribution in [0.5, 0.6) is 0 Å². The Bertz CT molecular complexity index is 752. The first kappa shape index (κ1) is 20.2. The third kappa shape index (κ3) is 4.01. The van der Waals surface area contributed by atoms with Crippen LogP contribution in [0.15, 0.2) is 24.3 Å². The lowest BCUT2D eigenvalue weighted by atomic mass is 9.49. The number of carbonyl (C=O) groups is 2. The van der Waals surface area contributed by atoms with Crippen molar-refractivity contribution in [2.75, 3.05) is 7.11 Å². The first-order chi connectivity index (χ1) is 13.7. The fourth-order valence-corrected chi connectivity index (χ4v) is 6.10. The average molecular weight is 409 g/mol. The zero-order valence-electron chi connectivity index (χ0n) is 16.4. The van der Waals surface area contributed by atoms with Crippen LogP contribution in [0, 0.1) is 23.2 Å². The van der Waals surface area contributed by atoms with E-state index in [1.807, 2.05) is 0 Å². The second kappa shape index (κ2) is 7.33. The summed E-state index contributed by atoms with van der Waals surface area (Å²) in [6.45, 7) is 0. The molecule has 1 aromatic carbocycles. The number of carbonyl (C=O) groups excluding carboxylic acids is 2. The van der Waals surface area contributed by atoms with Gasteiger partial charge in [-0.3, -0.25) is 4.79 Å². The first-order valence-electron chi connectivity index (χ1n) is 10.2. The van der Waals surface area contributed by atoms with Crippen LogP contribution in [0.3, 0.4) is 0 Å². The molecule has 1 atom stereocenters. The van der Waals surface area contributed by atoms with Crippen LogP contribution in [-0.2, 0) is 26.9 Å². The van der Waals surface area contributed by atoms with Crippen molar-refractivity contribution in [3.63, 3.8) is 0 Å². The highest BCUT2D eigenvalue weighted by molar-refractivity contribution is 5.88. The zero-order valence-corrected chi connectivity index (χ0v) is 16.4. The molecule has 4 bridgehead atoms. The Balaban J connectivity index is 1.48. The van der Waals surface area contributed by atoms with E-state index in [0.717, 1.165) is 31.4 Å². The molecule has 0 unspecified atom stereocenters. The van der Waals surface area contributed by atoms with Crippen molar-refractivity contribution < 1.29 is 27.5 Å². The Morgan fingerprint density at radius 1 is 1.07 bits per heavy atom. The van der Waals surface area contributed by atoms with E-state index in [0.29, 0.717) is 23.3 Å². The number of hydrogen-bond donors (Lipinski definition) is 1. The lowest BCUT2D eigenvalue weighted by Gasteiger charge is -2.55. The van der Waals surface area contributed by atoms with E-state index in [4.69, 9.17) is 4.74 Å². The molecule has 29 heavy (non-hydrogen) atoms. The number of benzene rings is 1. The van der Waals surface area contributed by atoms with Gasteiger partial charge in [0.25, 0.3) is 0 Å². The van der Waals surface area contributed by atoms with Gasteiger partial charge in [0.1, 0.15) is 6.04 Å². The van der Waals surface area contributed by atoms with Crippen molar-refractivity contribution in [1.29, 1.82) is 0 Å². The lowest BCUT2D eigenvalue weighted by molar-refractivity contribution is -0.152. The molecule has 0 aliphatic heterocycles. The Labute approximate surface area is 168 Å². The number of methoxy groups -OCH3 is 1. The van der Waals surface area contributed by atoms with Gasteiger partial charge in [-0.25, -0.2) is 4.79 Å². The van der Waals surface area contributed by atoms with Crippen LogP contribution in [0.4, 0.5) is 13.2 Å². The SMILES string of the molecule is COC(=O)[C@@H](Cc1ccc(C(F)(F)F)cc1)NC(=O)C12CC3CC(CC(C3)C1)C2. The molecule has 4 aliphatic rings. The van der Waals surface area contributed by atoms with Crippen LogP contribution in [0.2, 0.25) is 0 Å². The molecule has 1 N–H and O–H groups in total. The summed E-state index contributed by atoms with van der Waals surface area (Å²) >= 11 is 0. The molecule has 0 aromatic heterocycles. The van der Waals surface area contributed by atoms with E-state index in [9.17, 15) is 22.8 Å². The summed E-state index contributed by atoms with van der Waals surface area (Å²) < 4.78 is 43.1. The van der Waals surface area contributed by atoms with Gasteiger partial charge in [-0.05, 0) is 74.0 Å². The number of halogens is 3. The van der Waals surface area contributed by atoms with Gasteiger partial charge >= 0.3 is 12.1 Å². The summed E-state index contributed by atoms with van der Waals surface area (Å²) in [5.74, 6) is 1.11. The van der Waals surface area contributed by atoms with E-state index >= 15 is 0 Å². The molecule has 0 heterocycles. The summed E-state index contributed by atoms with van der Waals surface area (Å²) in [7, 11) is 1.25. The average Bonchev–Trinajstić information content (AvgIpc) is 2.65. The Kier molecular flexibility index (Phi) is 5.11. The minimum absolute atomic E-state index is 0.0982. The zero-order chi connectivity index (χ0) is 20.8. The number of hydrogen-bond acceptors (Lipinski definition) is 3. The molecule has 4 nitrogen and oxygen atoms in total. The molecule has 1 amide bonds. The second-order valence-corrected chi connectivity index (χ2v) is 9.15. The molecular formula is C22H26F3NO3. The van der Waals surface area contributed by atoms with Gasteiger partial charge in [0.2, 0.25) is 5.91 Å². The standard InChI is InChI=1S/C22H26F3NO3/c1-29-19(27)18(9-13-2-4-17(5-3-13)22(23,24)25)26-20(28)21-10-14-6-15(11-21)8-16(7-14)12-21/h2-5,14-16,18H,6-12H2,1H3,(H,26,28)/t14?,15?,16?,18-,21?/m1/s1. The minimum atomic E-state index is -4.41. The van der Waals surface area contributed by atoms with Crippen LogP contribution in [-0.4, -0.2) is 25.0 Å². The maximum absolute atomic E-state index is 13.2. The van der Waals surface area contributed by atoms with E-state index in [1.54, 1.807) is 0 Å². The normalized spacial score (nSPS) is 31.4. The fourth-order valence-electron chi connectivity index (χ4n) is 6.10. The third-order valence-electron chi connectivity index (χ3n) is 7.03. The van der Waals surface area contributed by atoms with E-state index in [-0.39, 0.29) is 12.3 Å². The van der Waals surface area contributed by atoms with Gasteiger partial charge in [0.15, 0.2) is 0 Å². The molecule has 4 aliphatic carbocycles. The molecule has 5 rings (SSSR count). The van der Waals surface area contributed by atoms with E-state index in [1.165, 1.54) is 38.5 Å². The summed E-state index contributed by atoms with van der Waals surface area (Å²) in [4.78, 5) is 25.5. The van der Waals surface area contributed by atoms with Crippen LogP contribution < -0.4 is 5.32 Å². The quantitative estimate of drug-likeness (QED) is 0.745. The Morgan fingerprint density at radius 3 is 2.03 bits per heavy atom. The third-order valence-corrected chi connectivity index (χ3v) is 7.03.